The first-order valence-electron chi connectivity index (χ1n) is 8.23. The smallest absolute Gasteiger partial charge is 0.407 e. The van der Waals surface area contributed by atoms with Gasteiger partial charge in [0.05, 0.1) is 19.3 Å². The first-order chi connectivity index (χ1) is 12.0. The molecule has 0 aliphatic carbocycles. The van der Waals surface area contributed by atoms with Gasteiger partial charge in [0.15, 0.2) is 5.69 Å². The van der Waals surface area contributed by atoms with Gasteiger partial charge in [-0.05, 0) is 17.0 Å². The van der Waals surface area contributed by atoms with Crippen LogP contribution in [0.2, 0.25) is 0 Å². The van der Waals surface area contributed by atoms with Gasteiger partial charge in [-0.25, -0.2) is 9.48 Å². The Bertz CT molecular complexity index is 771. The third-order valence-electron chi connectivity index (χ3n) is 4.03. The third-order valence-corrected chi connectivity index (χ3v) is 4.03. The molecule has 2 N–H and O–H groups in total. The van der Waals surface area contributed by atoms with Crippen LogP contribution in [0.1, 0.15) is 41.4 Å². The van der Waals surface area contributed by atoms with E-state index in [0.717, 1.165) is 5.56 Å². The number of carbonyl (C=O) groups is 2. The number of ether oxygens (including phenoxy) is 1. The minimum absolute atomic E-state index is 0.235. The summed E-state index contributed by atoms with van der Waals surface area (Å²) < 4.78 is 6.54. The zero-order chi connectivity index (χ0) is 17.8. The number of nitrogens with one attached hydrogen (secondary N) is 2. The Balaban J connectivity index is 1.58. The number of aromatic nitrogens is 3. The van der Waals surface area contributed by atoms with Gasteiger partial charge in [0.1, 0.15) is 6.10 Å². The van der Waals surface area contributed by atoms with E-state index in [-0.39, 0.29) is 17.7 Å². The maximum Gasteiger partial charge on any atom is 0.407 e. The summed E-state index contributed by atoms with van der Waals surface area (Å²) in [5.41, 5.74) is 2.53. The van der Waals surface area contributed by atoms with E-state index in [1.54, 1.807) is 6.20 Å². The highest BCUT2D eigenvalue weighted by Gasteiger charge is 2.23. The molecular formula is C17H21N5O3. The van der Waals surface area contributed by atoms with Crippen molar-refractivity contribution in [3.63, 3.8) is 0 Å². The molecular weight excluding hydrogens is 322 g/mol. The van der Waals surface area contributed by atoms with E-state index in [9.17, 15) is 9.59 Å². The van der Waals surface area contributed by atoms with Crippen molar-refractivity contribution in [3.05, 3.63) is 47.3 Å². The Kier molecular flexibility index (Phi) is 4.97. The van der Waals surface area contributed by atoms with Crippen molar-refractivity contribution in [1.29, 1.82) is 0 Å². The van der Waals surface area contributed by atoms with Crippen LogP contribution in [0, 0.1) is 0 Å². The summed E-state index contributed by atoms with van der Waals surface area (Å²) in [5, 5.41) is 13.2. The topological polar surface area (TPSA) is 98.1 Å². The lowest BCUT2D eigenvalue weighted by Gasteiger charge is -2.12. The van der Waals surface area contributed by atoms with Crippen LogP contribution in [0.25, 0.3) is 0 Å². The van der Waals surface area contributed by atoms with Gasteiger partial charge in [0, 0.05) is 6.54 Å². The van der Waals surface area contributed by atoms with Gasteiger partial charge in [0.2, 0.25) is 0 Å². The molecule has 1 saturated heterocycles. The number of carbonyl (C=O) groups excluding carboxylic acids is 2. The second-order valence-electron chi connectivity index (χ2n) is 6.27. The van der Waals surface area contributed by atoms with Crippen molar-refractivity contribution in [1.82, 2.24) is 25.6 Å². The van der Waals surface area contributed by atoms with Crippen LogP contribution in [0.5, 0.6) is 0 Å². The quantitative estimate of drug-likeness (QED) is 0.827. The lowest BCUT2D eigenvalue weighted by molar-refractivity contribution is 0.0945. The van der Waals surface area contributed by atoms with E-state index in [2.05, 4.69) is 40.9 Å². The molecule has 1 aromatic carbocycles. The fourth-order valence-electron chi connectivity index (χ4n) is 2.76. The Morgan fingerprint density at radius 1 is 1.44 bits per heavy atom. The van der Waals surface area contributed by atoms with Crippen LogP contribution in [-0.2, 0) is 17.8 Å². The lowest BCUT2D eigenvalue weighted by Crippen LogP contribution is -2.24. The van der Waals surface area contributed by atoms with Crippen LogP contribution < -0.4 is 10.6 Å². The Morgan fingerprint density at radius 3 is 2.96 bits per heavy atom. The molecule has 8 heteroatoms. The molecule has 3 rings (SSSR count). The second kappa shape index (κ2) is 7.33. The van der Waals surface area contributed by atoms with Crippen molar-refractivity contribution in [3.8, 4) is 0 Å². The number of hydrogen-bond donors (Lipinski definition) is 2. The van der Waals surface area contributed by atoms with Crippen LogP contribution >= 0.6 is 0 Å². The van der Waals surface area contributed by atoms with Crippen LogP contribution in [0.3, 0.4) is 0 Å². The van der Waals surface area contributed by atoms with Crippen molar-refractivity contribution < 1.29 is 14.3 Å². The first kappa shape index (κ1) is 16.9. The van der Waals surface area contributed by atoms with Crippen molar-refractivity contribution >= 4 is 12.0 Å². The molecule has 2 heterocycles. The Labute approximate surface area is 145 Å². The predicted molar refractivity (Wildman–Crippen MR) is 90.0 cm³/mol. The maximum atomic E-state index is 12.3. The average molecular weight is 343 g/mol. The second-order valence-corrected chi connectivity index (χ2v) is 6.27. The summed E-state index contributed by atoms with van der Waals surface area (Å²) in [6, 6.07) is 8.03. The van der Waals surface area contributed by atoms with Gasteiger partial charge in [-0.3, -0.25) is 4.79 Å². The number of benzene rings is 1. The van der Waals surface area contributed by atoms with Crippen molar-refractivity contribution in [2.24, 2.45) is 0 Å². The minimum atomic E-state index is -0.438. The largest absolute Gasteiger partial charge is 0.442 e. The molecule has 0 saturated carbocycles. The molecule has 25 heavy (non-hydrogen) atoms. The van der Waals surface area contributed by atoms with E-state index < -0.39 is 6.09 Å². The Hall–Kier alpha value is -2.90. The monoisotopic (exact) mass is 343 g/mol. The van der Waals surface area contributed by atoms with Gasteiger partial charge >= 0.3 is 6.09 Å². The zero-order valence-electron chi connectivity index (χ0n) is 14.2. The standard InChI is InChI=1S/C17H21N5O3/c1-11(2)14-6-4-3-5-12(14)7-18-16(23)15-10-22(21-20-15)9-13-8-19-17(24)25-13/h3-6,10-11,13H,7-9H2,1-2H3,(H,18,23)(H,19,24). The van der Waals surface area contributed by atoms with E-state index in [0.29, 0.717) is 25.6 Å². The minimum Gasteiger partial charge on any atom is -0.442 e. The molecule has 1 fully saturated rings. The van der Waals surface area contributed by atoms with Crippen molar-refractivity contribution in [2.45, 2.75) is 39.0 Å². The fraction of sp³-hybridized carbons (Fsp3) is 0.412. The van der Waals surface area contributed by atoms with E-state index in [4.69, 9.17) is 4.74 Å². The first-order valence-corrected chi connectivity index (χ1v) is 8.23. The molecule has 1 aliphatic rings. The molecule has 1 aliphatic heterocycles. The van der Waals surface area contributed by atoms with Crippen LogP contribution in [0.4, 0.5) is 4.79 Å². The summed E-state index contributed by atoms with van der Waals surface area (Å²) in [7, 11) is 0. The summed E-state index contributed by atoms with van der Waals surface area (Å²) in [6.07, 6.45) is 0.811. The molecule has 1 atom stereocenters. The van der Waals surface area contributed by atoms with Gasteiger partial charge in [-0.15, -0.1) is 5.10 Å². The summed E-state index contributed by atoms with van der Waals surface area (Å²) in [5.74, 6) is 0.100. The number of cyclic esters (lactones) is 1. The molecule has 1 aromatic heterocycles. The molecule has 0 radical (unpaired) electrons. The molecule has 2 amide bonds. The van der Waals surface area contributed by atoms with Gasteiger partial charge in [-0.1, -0.05) is 43.3 Å². The third kappa shape index (κ3) is 4.14. The van der Waals surface area contributed by atoms with Gasteiger partial charge in [0.25, 0.3) is 5.91 Å². The van der Waals surface area contributed by atoms with E-state index in [1.165, 1.54) is 10.2 Å². The molecule has 0 spiro atoms. The lowest BCUT2D eigenvalue weighted by atomic mass is 9.97. The molecule has 8 nitrogen and oxygen atoms in total. The predicted octanol–water partition coefficient (Wildman–Crippen LogP) is 1.44. The summed E-state index contributed by atoms with van der Waals surface area (Å²) in [4.78, 5) is 23.3. The maximum absolute atomic E-state index is 12.3. The zero-order valence-corrected chi connectivity index (χ0v) is 14.2. The van der Waals surface area contributed by atoms with Crippen molar-refractivity contribution in [2.75, 3.05) is 6.54 Å². The van der Waals surface area contributed by atoms with E-state index >= 15 is 0 Å². The van der Waals surface area contributed by atoms with Crippen LogP contribution in [-0.4, -0.2) is 39.6 Å². The normalized spacial score (nSPS) is 16.6. The highest BCUT2D eigenvalue weighted by Crippen LogP contribution is 2.18. The fourth-order valence-corrected chi connectivity index (χ4v) is 2.76. The number of rotatable bonds is 6. The number of hydrogen-bond acceptors (Lipinski definition) is 5. The molecule has 1 unspecified atom stereocenters. The Morgan fingerprint density at radius 2 is 2.24 bits per heavy atom. The summed E-state index contributed by atoms with van der Waals surface area (Å²) >= 11 is 0. The number of nitrogens with zero attached hydrogens (tertiary/aromatic N) is 3. The average Bonchev–Trinajstić information content (AvgIpc) is 3.22. The van der Waals surface area contributed by atoms with Gasteiger partial charge < -0.3 is 15.4 Å². The molecule has 132 valence electrons. The molecule has 0 bridgehead atoms. The van der Waals surface area contributed by atoms with Gasteiger partial charge in [-0.2, -0.15) is 0 Å². The SMILES string of the molecule is CC(C)c1ccccc1CNC(=O)c1cn(CC2CNC(=O)O2)nn1. The highest BCUT2D eigenvalue weighted by atomic mass is 16.6. The number of amides is 2. The highest BCUT2D eigenvalue weighted by molar-refractivity contribution is 5.91. The number of alkyl carbamates (subject to hydrolysis) is 1. The van der Waals surface area contributed by atoms with Crippen LogP contribution in [0.15, 0.2) is 30.5 Å². The van der Waals surface area contributed by atoms with E-state index in [1.807, 2.05) is 18.2 Å². The summed E-state index contributed by atoms with van der Waals surface area (Å²) in [6.45, 7) is 5.46. The molecule has 2 aromatic rings.